The smallest absolute Gasteiger partial charge is 0.332 e. The number of nitro groups is 1. The molecule has 1 rings (SSSR count). The van der Waals surface area contributed by atoms with E-state index in [0.717, 1.165) is 0 Å². The van der Waals surface area contributed by atoms with Gasteiger partial charge in [0, 0.05) is 7.05 Å². The standard InChI is InChI=1S/C12H21N5O3/c1-7-8(17(19)20)9(15-10(13-6)14-7)16-11(2,3)12(4,5)18/h18H,1-6H3,(H2,13,14,15,16). The molecule has 20 heavy (non-hydrogen) atoms. The molecule has 3 N–H and O–H groups in total. The number of hydrogen-bond acceptors (Lipinski definition) is 7. The third kappa shape index (κ3) is 3.13. The zero-order chi connectivity index (χ0) is 15.7. The van der Waals surface area contributed by atoms with Crippen molar-refractivity contribution in [1.29, 1.82) is 0 Å². The first-order valence-corrected chi connectivity index (χ1v) is 6.21. The van der Waals surface area contributed by atoms with Crippen LogP contribution in [0.15, 0.2) is 0 Å². The van der Waals surface area contributed by atoms with E-state index in [1.807, 2.05) is 0 Å². The molecule has 0 saturated carbocycles. The highest BCUT2D eigenvalue weighted by Gasteiger charge is 2.37. The van der Waals surface area contributed by atoms with Crippen molar-refractivity contribution in [3.63, 3.8) is 0 Å². The number of nitrogens with one attached hydrogen (secondary N) is 2. The van der Waals surface area contributed by atoms with Gasteiger partial charge in [-0.1, -0.05) is 0 Å². The number of nitrogens with zero attached hydrogens (tertiary/aromatic N) is 3. The van der Waals surface area contributed by atoms with Gasteiger partial charge in [-0.3, -0.25) is 10.1 Å². The van der Waals surface area contributed by atoms with Crippen molar-refractivity contribution in [2.24, 2.45) is 0 Å². The number of hydrogen-bond donors (Lipinski definition) is 3. The minimum atomic E-state index is -1.10. The second kappa shape index (κ2) is 5.20. The van der Waals surface area contributed by atoms with E-state index in [-0.39, 0.29) is 23.1 Å². The Morgan fingerprint density at radius 1 is 1.25 bits per heavy atom. The molecule has 0 spiro atoms. The van der Waals surface area contributed by atoms with Gasteiger partial charge in [0.2, 0.25) is 11.8 Å². The molecule has 1 aromatic heterocycles. The molecule has 1 aromatic rings. The average Bonchev–Trinajstić information content (AvgIpc) is 2.25. The lowest BCUT2D eigenvalue weighted by atomic mass is 9.86. The molecule has 1 heterocycles. The average molecular weight is 283 g/mol. The molecule has 0 atom stereocenters. The highest BCUT2D eigenvalue weighted by Crippen LogP contribution is 2.32. The Kier molecular flexibility index (Phi) is 4.18. The second-order valence-electron chi connectivity index (χ2n) is 5.65. The molecule has 0 saturated heterocycles. The second-order valence-corrected chi connectivity index (χ2v) is 5.65. The molecule has 112 valence electrons. The molecule has 0 amide bonds. The summed E-state index contributed by atoms with van der Waals surface area (Å²) in [4.78, 5) is 18.7. The van der Waals surface area contributed by atoms with Gasteiger partial charge >= 0.3 is 5.69 Å². The number of aryl methyl sites for hydroxylation is 1. The monoisotopic (exact) mass is 283 g/mol. The van der Waals surface area contributed by atoms with Crippen LogP contribution < -0.4 is 10.6 Å². The van der Waals surface area contributed by atoms with Gasteiger partial charge in [-0.05, 0) is 34.6 Å². The number of aromatic nitrogens is 2. The van der Waals surface area contributed by atoms with Crippen LogP contribution in [-0.2, 0) is 0 Å². The van der Waals surface area contributed by atoms with Crippen LogP contribution >= 0.6 is 0 Å². The maximum absolute atomic E-state index is 11.2. The summed E-state index contributed by atoms with van der Waals surface area (Å²) in [5, 5.41) is 27.0. The largest absolute Gasteiger partial charge is 0.388 e. The third-order valence-electron chi connectivity index (χ3n) is 3.42. The zero-order valence-corrected chi connectivity index (χ0v) is 12.6. The Hall–Kier alpha value is -1.96. The van der Waals surface area contributed by atoms with Crippen molar-refractivity contribution in [1.82, 2.24) is 9.97 Å². The molecule has 0 bridgehead atoms. The van der Waals surface area contributed by atoms with Gasteiger partial charge in [0.05, 0.1) is 16.1 Å². The maximum atomic E-state index is 11.2. The molecule has 8 heteroatoms. The first-order chi connectivity index (χ1) is 8.99. The van der Waals surface area contributed by atoms with Crippen LogP contribution in [0.25, 0.3) is 0 Å². The fourth-order valence-corrected chi connectivity index (χ4v) is 1.43. The Morgan fingerprint density at radius 2 is 1.80 bits per heavy atom. The van der Waals surface area contributed by atoms with Crippen LogP contribution in [0, 0.1) is 17.0 Å². The van der Waals surface area contributed by atoms with Gasteiger partial charge < -0.3 is 15.7 Å². The predicted octanol–water partition coefficient (Wildman–Crippen LogP) is 1.70. The minimum absolute atomic E-state index is 0.0824. The number of aliphatic hydroxyl groups is 1. The molecule has 0 aromatic carbocycles. The molecule has 0 radical (unpaired) electrons. The number of anilines is 2. The van der Waals surface area contributed by atoms with Crippen molar-refractivity contribution in [3.05, 3.63) is 15.8 Å². The van der Waals surface area contributed by atoms with E-state index in [1.165, 1.54) is 0 Å². The third-order valence-corrected chi connectivity index (χ3v) is 3.42. The lowest BCUT2D eigenvalue weighted by Gasteiger charge is -2.38. The van der Waals surface area contributed by atoms with E-state index >= 15 is 0 Å². The van der Waals surface area contributed by atoms with Crippen molar-refractivity contribution in [3.8, 4) is 0 Å². The molecule has 0 aliphatic carbocycles. The molecular weight excluding hydrogens is 262 g/mol. The van der Waals surface area contributed by atoms with Crippen LogP contribution in [0.3, 0.4) is 0 Å². The quantitative estimate of drug-likeness (QED) is 0.556. The minimum Gasteiger partial charge on any atom is -0.388 e. The van der Waals surface area contributed by atoms with Gasteiger partial charge in [0.25, 0.3) is 0 Å². The summed E-state index contributed by atoms with van der Waals surface area (Å²) in [6.07, 6.45) is 0. The lowest BCUT2D eigenvalue weighted by molar-refractivity contribution is -0.385. The van der Waals surface area contributed by atoms with Gasteiger partial charge in [0.15, 0.2) is 0 Å². The molecule has 0 unspecified atom stereocenters. The molecule has 0 fully saturated rings. The van der Waals surface area contributed by atoms with Crippen molar-refractivity contribution in [2.45, 2.75) is 45.8 Å². The Labute approximate surface area is 117 Å². The van der Waals surface area contributed by atoms with Gasteiger partial charge in [-0.25, -0.2) is 4.98 Å². The SMILES string of the molecule is CNc1nc(C)c([N+](=O)[O-])c(NC(C)(C)C(C)(C)O)n1. The van der Waals surface area contributed by atoms with E-state index in [0.29, 0.717) is 0 Å². The van der Waals surface area contributed by atoms with Gasteiger partial charge in [-0.2, -0.15) is 4.98 Å². The highest BCUT2D eigenvalue weighted by molar-refractivity contribution is 5.62. The van der Waals surface area contributed by atoms with Crippen LogP contribution in [0.4, 0.5) is 17.5 Å². The van der Waals surface area contributed by atoms with Crippen molar-refractivity contribution in [2.75, 3.05) is 17.7 Å². The normalized spacial score (nSPS) is 12.2. The van der Waals surface area contributed by atoms with E-state index < -0.39 is 16.1 Å². The fraction of sp³-hybridized carbons (Fsp3) is 0.667. The highest BCUT2D eigenvalue weighted by atomic mass is 16.6. The van der Waals surface area contributed by atoms with E-state index in [4.69, 9.17) is 0 Å². The molecule has 0 aliphatic heterocycles. The Bertz CT molecular complexity index is 523. The van der Waals surface area contributed by atoms with E-state index in [1.54, 1.807) is 41.7 Å². The van der Waals surface area contributed by atoms with Crippen LogP contribution in [0.1, 0.15) is 33.4 Å². The van der Waals surface area contributed by atoms with Crippen LogP contribution in [-0.4, -0.2) is 38.2 Å². The Morgan fingerprint density at radius 3 is 2.20 bits per heavy atom. The summed E-state index contributed by atoms with van der Waals surface area (Å²) < 4.78 is 0. The summed E-state index contributed by atoms with van der Waals surface area (Å²) in [5.74, 6) is 0.362. The Balaban J connectivity index is 3.36. The topological polar surface area (TPSA) is 113 Å². The number of rotatable bonds is 5. The fourth-order valence-electron chi connectivity index (χ4n) is 1.43. The zero-order valence-electron chi connectivity index (χ0n) is 12.6. The van der Waals surface area contributed by atoms with E-state index in [9.17, 15) is 15.2 Å². The first-order valence-electron chi connectivity index (χ1n) is 6.21. The van der Waals surface area contributed by atoms with Gasteiger partial charge in [0.1, 0.15) is 5.69 Å². The van der Waals surface area contributed by atoms with Crippen LogP contribution in [0.5, 0.6) is 0 Å². The summed E-state index contributed by atoms with van der Waals surface area (Å²) in [7, 11) is 1.63. The predicted molar refractivity (Wildman–Crippen MR) is 77.0 cm³/mol. The van der Waals surface area contributed by atoms with Crippen LogP contribution in [0.2, 0.25) is 0 Å². The maximum Gasteiger partial charge on any atom is 0.332 e. The first kappa shape index (κ1) is 16.1. The van der Waals surface area contributed by atoms with Gasteiger partial charge in [-0.15, -0.1) is 0 Å². The molecule has 8 nitrogen and oxygen atoms in total. The molecule has 0 aliphatic rings. The summed E-state index contributed by atoms with van der Waals surface area (Å²) in [6, 6.07) is 0. The molecular formula is C12H21N5O3. The van der Waals surface area contributed by atoms with Crippen molar-refractivity contribution < 1.29 is 10.0 Å². The van der Waals surface area contributed by atoms with Crippen molar-refractivity contribution >= 4 is 17.5 Å². The summed E-state index contributed by atoms with van der Waals surface area (Å²) in [6.45, 7) is 8.28. The van der Waals surface area contributed by atoms with E-state index in [2.05, 4.69) is 20.6 Å². The summed E-state index contributed by atoms with van der Waals surface area (Å²) >= 11 is 0. The lowest BCUT2D eigenvalue weighted by Crippen LogP contribution is -2.51. The summed E-state index contributed by atoms with van der Waals surface area (Å²) in [5.41, 5.74) is -1.85.